The lowest BCUT2D eigenvalue weighted by atomic mass is 10.2. The van der Waals surface area contributed by atoms with E-state index in [-0.39, 0.29) is 0 Å². The maximum Gasteiger partial charge on any atom is 0.140 e. The number of nitrogens with one attached hydrogen (secondary N) is 3. The molecule has 3 nitrogen and oxygen atoms in total. The molecule has 2 aromatic heterocycles. The minimum Gasteiger partial charge on any atom is -0.361 e. The molecule has 0 saturated carbocycles. The zero-order valence-electron chi connectivity index (χ0n) is 9.03. The smallest absolute Gasteiger partial charge is 0.140 e. The SMILES string of the molecule is N=C(Nc1ccc2[nH]ccc2c1)c1cccs1. The number of aromatic amines is 1. The molecule has 0 fully saturated rings. The molecular formula is C13H11N3S. The maximum absolute atomic E-state index is 7.95. The van der Waals surface area contributed by atoms with Crippen molar-refractivity contribution in [1.29, 1.82) is 5.41 Å². The number of hydrogen-bond acceptors (Lipinski definition) is 2. The van der Waals surface area contributed by atoms with Crippen LogP contribution < -0.4 is 5.32 Å². The van der Waals surface area contributed by atoms with Gasteiger partial charge in [-0.3, -0.25) is 5.41 Å². The van der Waals surface area contributed by atoms with Crippen LogP contribution >= 0.6 is 11.3 Å². The lowest BCUT2D eigenvalue weighted by molar-refractivity contribution is 1.46. The van der Waals surface area contributed by atoms with Gasteiger partial charge in [0.2, 0.25) is 0 Å². The van der Waals surface area contributed by atoms with E-state index >= 15 is 0 Å². The number of rotatable bonds is 2. The monoisotopic (exact) mass is 241 g/mol. The van der Waals surface area contributed by atoms with Gasteiger partial charge < -0.3 is 10.3 Å². The van der Waals surface area contributed by atoms with Crippen LogP contribution in [0.4, 0.5) is 5.69 Å². The number of thiophene rings is 1. The van der Waals surface area contributed by atoms with Crippen molar-refractivity contribution in [2.75, 3.05) is 5.32 Å². The first kappa shape index (κ1) is 10.1. The first-order valence-electron chi connectivity index (χ1n) is 5.29. The number of amidine groups is 1. The zero-order valence-corrected chi connectivity index (χ0v) is 9.84. The van der Waals surface area contributed by atoms with Gasteiger partial charge in [-0.05, 0) is 35.7 Å². The molecule has 0 bridgehead atoms. The molecule has 0 atom stereocenters. The molecule has 0 aliphatic carbocycles. The van der Waals surface area contributed by atoms with E-state index in [0.717, 1.165) is 21.5 Å². The molecule has 2 heterocycles. The fraction of sp³-hybridized carbons (Fsp3) is 0. The van der Waals surface area contributed by atoms with E-state index in [1.54, 1.807) is 11.3 Å². The summed E-state index contributed by atoms with van der Waals surface area (Å²) in [6.45, 7) is 0. The standard InChI is InChI=1S/C13H11N3S/c14-13(12-2-1-7-17-12)16-10-3-4-11-9(8-10)5-6-15-11/h1-8,15H,(H2,14,16). The van der Waals surface area contributed by atoms with Gasteiger partial charge in [0.15, 0.2) is 0 Å². The van der Waals surface area contributed by atoms with Crippen molar-refractivity contribution >= 4 is 33.8 Å². The first-order valence-corrected chi connectivity index (χ1v) is 6.17. The van der Waals surface area contributed by atoms with Crippen LogP contribution in [0.15, 0.2) is 48.0 Å². The molecule has 3 N–H and O–H groups in total. The minimum absolute atomic E-state index is 0.440. The number of H-pyrrole nitrogens is 1. The van der Waals surface area contributed by atoms with Crippen LogP contribution in [0.3, 0.4) is 0 Å². The van der Waals surface area contributed by atoms with Gasteiger partial charge in [0.25, 0.3) is 0 Å². The van der Waals surface area contributed by atoms with Crippen LogP contribution in [-0.4, -0.2) is 10.8 Å². The predicted octanol–water partition coefficient (Wildman–Crippen LogP) is 3.67. The number of aromatic nitrogens is 1. The summed E-state index contributed by atoms with van der Waals surface area (Å²) in [7, 11) is 0. The Morgan fingerprint density at radius 2 is 2.18 bits per heavy atom. The summed E-state index contributed by atoms with van der Waals surface area (Å²) in [5.74, 6) is 0.440. The second-order valence-corrected chi connectivity index (χ2v) is 4.70. The van der Waals surface area contributed by atoms with Gasteiger partial charge in [-0.1, -0.05) is 6.07 Å². The average molecular weight is 241 g/mol. The summed E-state index contributed by atoms with van der Waals surface area (Å²) < 4.78 is 0. The zero-order chi connectivity index (χ0) is 11.7. The lowest BCUT2D eigenvalue weighted by Gasteiger charge is -2.06. The highest BCUT2D eigenvalue weighted by Gasteiger charge is 2.03. The Bertz CT molecular complexity index is 652. The van der Waals surface area contributed by atoms with Crippen LogP contribution in [0, 0.1) is 5.41 Å². The van der Waals surface area contributed by atoms with Crippen LogP contribution in [0.25, 0.3) is 10.9 Å². The normalized spacial score (nSPS) is 10.6. The molecule has 17 heavy (non-hydrogen) atoms. The summed E-state index contributed by atoms with van der Waals surface area (Å²) in [6, 6.07) is 11.9. The first-order chi connectivity index (χ1) is 8.33. The van der Waals surface area contributed by atoms with Crippen LogP contribution in [0.2, 0.25) is 0 Å². The highest BCUT2D eigenvalue weighted by atomic mass is 32.1. The number of anilines is 1. The third kappa shape index (κ3) is 1.94. The molecular weight excluding hydrogens is 230 g/mol. The van der Waals surface area contributed by atoms with Crippen molar-refractivity contribution in [3.05, 3.63) is 52.9 Å². The number of benzene rings is 1. The molecule has 0 aliphatic rings. The number of fused-ring (bicyclic) bond motifs is 1. The summed E-state index contributed by atoms with van der Waals surface area (Å²) in [5, 5.41) is 14.2. The molecule has 1 aromatic carbocycles. The summed E-state index contributed by atoms with van der Waals surface area (Å²) in [5.41, 5.74) is 2.05. The fourth-order valence-electron chi connectivity index (χ4n) is 1.76. The fourth-order valence-corrected chi connectivity index (χ4v) is 2.39. The topological polar surface area (TPSA) is 51.7 Å². The average Bonchev–Trinajstić information content (AvgIpc) is 2.99. The quantitative estimate of drug-likeness (QED) is 0.465. The van der Waals surface area contributed by atoms with E-state index in [4.69, 9.17) is 5.41 Å². The van der Waals surface area contributed by atoms with Crippen LogP contribution in [0.5, 0.6) is 0 Å². The molecule has 3 rings (SSSR count). The Kier molecular flexibility index (Phi) is 2.42. The molecule has 4 heteroatoms. The van der Waals surface area contributed by atoms with Crippen LogP contribution in [0.1, 0.15) is 4.88 Å². The van der Waals surface area contributed by atoms with Gasteiger partial charge in [0.05, 0.1) is 4.88 Å². The van der Waals surface area contributed by atoms with Crippen LogP contribution in [-0.2, 0) is 0 Å². The van der Waals surface area contributed by atoms with E-state index in [9.17, 15) is 0 Å². The Hall–Kier alpha value is -2.07. The van der Waals surface area contributed by atoms with Crippen molar-refractivity contribution in [3.8, 4) is 0 Å². The van der Waals surface area contributed by atoms with Gasteiger partial charge in [0.1, 0.15) is 5.84 Å². The van der Waals surface area contributed by atoms with Gasteiger partial charge >= 0.3 is 0 Å². The molecule has 84 valence electrons. The van der Waals surface area contributed by atoms with E-state index in [1.807, 2.05) is 48.0 Å². The van der Waals surface area contributed by atoms with Crippen molar-refractivity contribution in [2.45, 2.75) is 0 Å². The molecule has 0 aliphatic heterocycles. The molecule has 3 aromatic rings. The highest BCUT2D eigenvalue weighted by Crippen LogP contribution is 2.19. The van der Waals surface area contributed by atoms with E-state index in [0.29, 0.717) is 5.84 Å². The van der Waals surface area contributed by atoms with E-state index in [1.165, 1.54) is 0 Å². The molecule has 0 spiro atoms. The van der Waals surface area contributed by atoms with Crippen molar-refractivity contribution in [1.82, 2.24) is 4.98 Å². The third-order valence-electron chi connectivity index (χ3n) is 2.59. The Labute approximate surface area is 103 Å². The van der Waals surface area contributed by atoms with Gasteiger partial charge in [-0.25, -0.2) is 0 Å². The second kappa shape index (κ2) is 4.07. The van der Waals surface area contributed by atoms with E-state index < -0.39 is 0 Å². The summed E-state index contributed by atoms with van der Waals surface area (Å²) >= 11 is 1.56. The van der Waals surface area contributed by atoms with Gasteiger partial charge in [0, 0.05) is 22.8 Å². The lowest BCUT2D eigenvalue weighted by Crippen LogP contribution is -2.09. The predicted molar refractivity (Wildman–Crippen MR) is 73.1 cm³/mol. The molecule has 0 unspecified atom stereocenters. The molecule has 0 radical (unpaired) electrons. The van der Waals surface area contributed by atoms with Gasteiger partial charge in [-0.2, -0.15) is 0 Å². The largest absolute Gasteiger partial charge is 0.361 e. The summed E-state index contributed by atoms with van der Waals surface area (Å²) in [4.78, 5) is 4.09. The van der Waals surface area contributed by atoms with Crippen molar-refractivity contribution in [3.63, 3.8) is 0 Å². The Morgan fingerprint density at radius 1 is 1.24 bits per heavy atom. The Balaban J connectivity index is 1.87. The van der Waals surface area contributed by atoms with E-state index in [2.05, 4.69) is 10.3 Å². The maximum atomic E-state index is 7.95. The second-order valence-electron chi connectivity index (χ2n) is 3.76. The van der Waals surface area contributed by atoms with Gasteiger partial charge in [-0.15, -0.1) is 11.3 Å². The van der Waals surface area contributed by atoms with Crippen molar-refractivity contribution in [2.24, 2.45) is 0 Å². The molecule has 0 amide bonds. The Morgan fingerprint density at radius 3 is 3.00 bits per heavy atom. The minimum atomic E-state index is 0.440. The number of hydrogen-bond donors (Lipinski definition) is 3. The van der Waals surface area contributed by atoms with Crippen molar-refractivity contribution < 1.29 is 0 Å². The highest BCUT2D eigenvalue weighted by molar-refractivity contribution is 7.12. The summed E-state index contributed by atoms with van der Waals surface area (Å²) in [6.07, 6.45) is 1.92. The third-order valence-corrected chi connectivity index (χ3v) is 3.48. The molecule has 0 saturated heterocycles.